The number of anilines is 2. The minimum absolute atomic E-state index is 0.380. The predicted octanol–water partition coefficient (Wildman–Crippen LogP) is 2.05. The van der Waals surface area contributed by atoms with Crippen molar-refractivity contribution in [1.82, 2.24) is 10.5 Å². The first-order valence-electron chi connectivity index (χ1n) is 7.27. The summed E-state index contributed by atoms with van der Waals surface area (Å²) in [5.74, 6) is 0.0395. The fourth-order valence-electron chi connectivity index (χ4n) is 3.37. The van der Waals surface area contributed by atoms with Crippen LogP contribution in [0.5, 0.6) is 0 Å². The van der Waals surface area contributed by atoms with E-state index in [9.17, 15) is 4.79 Å². The maximum atomic E-state index is 11.4. The number of carbonyl (C=O) groups excluding carboxylic acids is 1. The van der Waals surface area contributed by atoms with Crippen LogP contribution in [0, 0.1) is 0 Å². The molecule has 0 spiro atoms. The maximum absolute atomic E-state index is 11.4. The summed E-state index contributed by atoms with van der Waals surface area (Å²) in [7, 11) is 0. The van der Waals surface area contributed by atoms with Gasteiger partial charge in [0.15, 0.2) is 5.13 Å². The Hall–Kier alpha value is -2.12. The molecule has 1 aromatic heterocycles. The second-order valence-electron chi connectivity index (χ2n) is 5.63. The lowest BCUT2D eigenvalue weighted by Gasteiger charge is -2.35. The lowest BCUT2D eigenvalue weighted by molar-refractivity contribution is 0.0710. The van der Waals surface area contributed by atoms with Gasteiger partial charge in [-0.1, -0.05) is 29.5 Å². The Morgan fingerprint density at radius 1 is 1.45 bits per heavy atom. The maximum Gasteiger partial charge on any atom is 0.286 e. The van der Waals surface area contributed by atoms with Gasteiger partial charge in [-0.15, -0.1) is 0 Å². The summed E-state index contributed by atoms with van der Waals surface area (Å²) < 4.78 is 0. The first-order valence-corrected chi connectivity index (χ1v) is 8.08. The topological polar surface area (TPSA) is 77.5 Å². The van der Waals surface area contributed by atoms with Gasteiger partial charge >= 0.3 is 0 Å². The molecule has 114 valence electrons. The molecule has 2 unspecified atom stereocenters. The molecule has 2 atom stereocenters. The van der Waals surface area contributed by atoms with Crippen molar-refractivity contribution in [2.45, 2.75) is 18.4 Å². The highest BCUT2D eigenvalue weighted by Crippen LogP contribution is 2.41. The van der Waals surface area contributed by atoms with Crippen LogP contribution in [0.15, 0.2) is 30.5 Å². The molecule has 1 saturated heterocycles. The number of carbonyl (C=O) groups is 1. The average molecular weight is 316 g/mol. The lowest BCUT2D eigenvalue weighted by Crippen LogP contribution is -2.43. The summed E-state index contributed by atoms with van der Waals surface area (Å²) >= 11 is 1.31. The van der Waals surface area contributed by atoms with E-state index >= 15 is 0 Å². The number of thiazole rings is 1. The molecule has 7 heteroatoms. The van der Waals surface area contributed by atoms with E-state index in [2.05, 4.69) is 39.5 Å². The third-order valence-electron chi connectivity index (χ3n) is 4.40. The van der Waals surface area contributed by atoms with Crippen molar-refractivity contribution >= 4 is 28.1 Å². The summed E-state index contributed by atoms with van der Waals surface area (Å²) in [6, 6.07) is 8.86. The van der Waals surface area contributed by atoms with Crippen molar-refractivity contribution in [3.05, 3.63) is 40.9 Å². The quantitative estimate of drug-likeness (QED) is 0.584. The Balaban J connectivity index is 1.52. The van der Waals surface area contributed by atoms with Gasteiger partial charge in [0.25, 0.3) is 5.91 Å². The second kappa shape index (κ2) is 5.26. The van der Waals surface area contributed by atoms with Crippen LogP contribution in [0.3, 0.4) is 0 Å². The first kappa shape index (κ1) is 13.5. The fraction of sp³-hybridized carbons (Fsp3) is 0.333. The third kappa shape index (κ3) is 2.13. The van der Waals surface area contributed by atoms with E-state index < -0.39 is 5.91 Å². The lowest BCUT2D eigenvalue weighted by atomic mass is 9.89. The third-order valence-corrected chi connectivity index (χ3v) is 5.46. The molecule has 0 bridgehead atoms. The van der Waals surface area contributed by atoms with E-state index in [-0.39, 0.29) is 0 Å². The number of hydroxylamine groups is 1. The van der Waals surface area contributed by atoms with E-state index in [0.29, 0.717) is 16.8 Å². The van der Waals surface area contributed by atoms with Gasteiger partial charge in [-0.2, -0.15) is 0 Å². The number of benzene rings is 1. The van der Waals surface area contributed by atoms with E-state index in [1.807, 2.05) is 0 Å². The Kier molecular flexibility index (Phi) is 3.24. The van der Waals surface area contributed by atoms with Gasteiger partial charge in [0.1, 0.15) is 4.88 Å². The van der Waals surface area contributed by atoms with E-state index in [1.165, 1.54) is 28.8 Å². The first-order chi connectivity index (χ1) is 10.8. The van der Waals surface area contributed by atoms with Gasteiger partial charge < -0.3 is 10.2 Å². The second-order valence-corrected chi connectivity index (χ2v) is 6.64. The number of nitrogens with one attached hydrogen (secondary N) is 2. The molecule has 0 radical (unpaired) electrons. The monoisotopic (exact) mass is 316 g/mol. The summed E-state index contributed by atoms with van der Waals surface area (Å²) in [4.78, 5) is 18.4. The van der Waals surface area contributed by atoms with Crippen LogP contribution >= 0.6 is 11.3 Å². The molecule has 1 aromatic carbocycles. The minimum Gasteiger partial charge on any atom is -0.380 e. The van der Waals surface area contributed by atoms with Crippen LogP contribution in [0.4, 0.5) is 10.8 Å². The van der Waals surface area contributed by atoms with Crippen LogP contribution in [0.25, 0.3) is 0 Å². The molecule has 6 nitrogen and oxygen atoms in total. The number of amides is 1. The number of rotatable bonds is 2. The molecule has 0 aliphatic carbocycles. The number of para-hydroxylation sites is 1. The molecule has 22 heavy (non-hydrogen) atoms. The molecule has 3 heterocycles. The molecule has 1 fully saturated rings. The highest BCUT2D eigenvalue weighted by Gasteiger charge is 2.37. The highest BCUT2D eigenvalue weighted by molar-refractivity contribution is 7.17. The standard InChI is InChI=1S/C15H16N4O2S/c20-14(18-21)13-7-16-15(22-13)19-6-5-10-9-3-1-2-4-11(9)17-12(10)8-19/h1-4,7,10,12,17,21H,5-6,8H2,(H,18,20). The number of hydrogen-bond donors (Lipinski definition) is 3. The highest BCUT2D eigenvalue weighted by atomic mass is 32.1. The van der Waals surface area contributed by atoms with Crippen LogP contribution in [0.1, 0.15) is 27.6 Å². The Morgan fingerprint density at radius 2 is 2.32 bits per heavy atom. The molecule has 4 rings (SSSR count). The Bertz CT molecular complexity index is 717. The zero-order valence-corrected chi connectivity index (χ0v) is 12.6. The number of nitrogens with zero attached hydrogens (tertiary/aromatic N) is 2. The molecule has 2 aliphatic heterocycles. The van der Waals surface area contributed by atoms with Crippen LogP contribution in [0.2, 0.25) is 0 Å². The van der Waals surface area contributed by atoms with Gasteiger partial charge in [-0.25, -0.2) is 10.5 Å². The van der Waals surface area contributed by atoms with E-state index in [4.69, 9.17) is 5.21 Å². The van der Waals surface area contributed by atoms with Crippen LogP contribution in [-0.4, -0.2) is 35.2 Å². The molecule has 2 aliphatic rings. The van der Waals surface area contributed by atoms with Crippen molar-refractivity contribution in [2.24, 2.45) is 0 Å². The zero-order chi connectivity index (χ0) is 15.1. The van der Waals surface area contributed by atoms with E-state index in [1.54, 1.807) is 5.48 Å². The van der Waals surface area contributed by atoms with Crippen molar-refractivity contribution in [1.29, 1.82) is 0 Å². The van der Waals surface area contributed by atoms with Gasteiger partial charge in [-0.05, 0) is 18.1 Å². The van der Waals surface area contributed by atoms with Crippen molar-refractivity contribution < 1.29 is 10.0 Å². The summed E-state index contributed by atoms with van der Waals surface area (Å²) in [5.41, 5.74) is 4.29. The SMILES string of the molecule is O=C(NO)c1cnc(N2CCC3c4ccccc4NC3C2)s1. The number of fused-ring (bicyclic) bond motifs is 3. The fourth-order valence-corrected chi connectivity index (χ4v) is 4.21. The smallest absolute Gasteiger partial charge is 0.286 e. The van der Waals surface area contributed by atoms with Gasteiger partial charge in [0.2, 0.25) is 0 Å². The van der Waals surface area contributed by atoms with Gasteiger partial charge in [-0.3, -0.25) is 10.0 Å². The summed E-state index contributed by atoms with van der Waals surface area (Å²) in [6.45, 7) is 1.79. The van der Waals surface area contributed by atoms with Crippen LogP contribution in [-0.2, 0) is 0 Å². The largest absolute Gasteiger partial charge is 0.380 e. The van der Waals surface area contributed by atoms with Crippen molar-refractivity contribution in [3.8, 4) is 0 Å². The molecule has 2 aromatic rings. The average Bonchev–Trinajstić information content (AvgIpc) is 3.18. The molecule has 3 N–H and O–H groups in total. The van der Waals surface area contributed by atoms with Crippen molar-refractivity contribution in [3.63, 3.8) is 0 Å². The van der Waals surface area contributed by atoms with Crippen molar-refractivity contribution in [2.75, 3.05) is 23.3 Å². The van der Waals surface area contributed by atoms with Gasteiger partial charge in [0.05, 0.1) is 12.2 Å². The van der Waals surface area contributed by atoms with E-state index in [0.717, 1.165) is 24.6 Å². The van der Waals surface area contributed by atoms with Crippen LogP contribution < -0.4 is 15.7 Å². The number of aromatic nitrogens is 1. The Labute approximate surface area is 131 Å². The zero-order valence-electron chi connectivity index (χ0n) is 11.8. The minimum atomic E-state index is -0.509. The molecular weight excluding hydrogens is 300 g/mol. The van der Waals surface area contributed by atoms with Gasteiger partial charge in [0, 0.05) is 24.7 Å². The molecular formula is C15H16N4O2S. The number of piperidine rings is 1. The number of hydrogen-bond acceptors (Lipinski definition) is 6. The molecule has 1 amide bonds. The normalized spacial score (nSPS) is 22.7. The summed E-state index contributed by atoms with van der Waals surface area (Å²) in [5, 5.41) is 13.1. The Morgan fingerprint density at radius 3 is 3.18 bits per heavy atom. The predicted molar refractivity (Wildman–Crippen MR) is 84.8 cm³/mol. The summed E-state index contributed by atoms with van der Waals surface area (Å²) in [6.07, 6.45) is 2.57. The molecule has 0 saturated carbocycles.